The molecule has 0 bridgehead atoms. The highest BCUT2D eigenvalue weighted by Crippen LogP contribution is 2.19. The Morgan fingerprint density at radius 3 is 2.43 bits per heavy atom. The van der Waals surface area contributed by atoms with Crippen LogP contribution in [0, 0.1) is 0 Å². The maximum absolute atomic E-state index is 11.9. The number of ether oxygens (including phenoxy) is 1. The zero-order valence-electron chi connectivity index (χ0n) is 13.4. The van der Waals surface area contributed by atoms with Gasteiger partial charge in [-0.25, -0.2) is 4.79 Å². The molecule has 1 fully saturated rings. The standard InChI is InChI=1S/C15H28N2O4/c1-5-6-7-11(17-14(20)21-15(2,3)4)12(18)13(19)16-10-8-9-10/h10-12,18H,5-9H2,1-4H3,(H,16,19)(H,17,20)/t11-,12?/m0/s1. The van der Waals surface area contributed by atoms with Crippen molar-refractivity contribution in [3.05, 3.63) is 0 Å². The van der Waals surface area contributed by atoms with Gasteiger partial charge < -0.3 is 20.5 Å². The van der Waals surface area contributed by atoms with E-state index in [1.54, 1.807) is 20.8 Å². The van der Waals surface area contributed by atoms with Crippen molar-refractivity contribution in [2.24, 2.45) is 0 Å². The van der Waals surface area contributed by atoms with E-state index in [1.165, 1.54) is 0 Å². The number of nitrogens with one attached hydrogen (secondary N) is 2. The largest absolute Gasteiger partial charge is 0.444 e. The molecule has 0 aromatic rings. The highest BCUT2D eigenvalue weighted by atomic mass is 16.6. The number of carbonyl (C=O) groups is 2. The third-order valence-corrected chi connectivity index (χ3v) is 3.14. The Morgan fingerprint density at radius 1 is 1.33 bits per heavy atom. The van der Waals surface area contributed by atoms with Crippen LogP contribution in [-0.4, -0.2) is 40.9 Å². The van der Waals surface area contributed by atoms with Gasteiger partial charge in [0.15, 0.2) is 6.10 Å². The van der Waals surface area contributed by atoms with E-state index < -0.39 is 29.7 Å². The van der Waals surface area contributed by atoms with Crippen molar-refractivity contribution in [2.75, 3.05) is 0 Å². The number of aliphatic hydroxyl groups excluding tert-OH is 1. The first-order valence-electron chi connectivity index (χ1n) is 7.71. The van der Waals surface area contributed by atoms with Crippen LogP contribution in [0.15, 0.2) is 0 Å². The molecule has 3 N–H and O–H groups in total. The Labute approximate surface area is 126 Å². The molecule has 122 valence electrons. The SMILES string of the molecule is CCCC[C@H](NC(=O)OC(C)(C)C)C(O)C(=O)NC1CC1. The topological polar surface area (TPSA) is 87.7 Å². The molecule has 1 saturated carbocycles. The van der Waals surface area contributed by atoms with Crippen LogP contribution < -0.4 is 10.6 Å². The predicted molar refractivity (Wildman–Crippen MR) is 79.9 cm³/mol. The van der Waals surface area contributed by atoms with E-state index >= 15 is 0 Å². The number of aliphatic hydroxyl groups is 1. The van der Waals surface area contributed by atoms with Gasteiger partial charge in [0, 0.05) is 6.04 Å². The Balaban J connectivity index is 2.55. The van der Waals surface area contributed by atoms with E-state index in [0.29, 0.717) is 6.42 Å². The molecule has 6 nitrogen and oxygen atoms in total. The minimum Gasteiger partial charge on any atom is -0.444 e. The average Bonchev–Trinajstić information content (AvgIpc) is 3.15. The molecule has 1 rings (SSSR count). The second-order valence-electron chi connectivity index (χ2n) is 6.62. The molecular weight excluding hydrogens is 272 g/mol. The van der Waals surface area contributed by atoms with E-state index in [2.05, 4.69) is 10.6 Å². The smallest absolute Gasteiger partial charge is 0.407 e. The van der Waals surface area contributed by atoms with E-state index in [9.17, 15) is 14.7 Å². The summed E-state index contributed by atoms with van der Waals surface area (Å²) in [6, 6.07) is -0.445. The van der Waals surface area contributed by atoms with Crippen LogP contribution in [0.4, 0.5) is 4.79 Å². The van der Waals surface area contributed by atoms with E-state index in [4.69, 9.17) is 4.74 Å². The number of amides is 2. The van der Waals surface area contributed by atoms with Crippen LogP contribution in [0.3, 0.4) is 0 Å². The summed E-state index contributed by atoms with van der Waals surface area (Å²) in [4.78, 5) is 23.7. The van der Waals surface area contributed by atoms with Crippen LogP contribution in [0.25, 0.3) is 0 Å². The summed E-state index contributed by atoms with van der Waals surface area (Å²) >= 11 is 0. The molecule has 0 spiro atoms. The molecule has 21 heavy (non-hydrogen) atoms. The van der Waals surface area contributed by atoms with Gasteiger partial charge in [0.1, 0.15) is 5.60 Å². The number of unbranched alkanes of at least 4 members (excludes halogenated alkanes) is 1. The lowest BCUT2D eigenvalue weighted by Crippen LogP contribution is -2.51. The average molecular weight is 300 g/mol. The van der Waals surface area contributed by atoms with Gasteiger partial charge in [0.25, 0.3) is 5.91 Å². The van der Waals surface area contributed by atoms with Crippen molar-refractivity contribution in [1.29, 1.82) is 0 Å². The van der Waals surface area contributed by atoms with E-state index in [-0.39, 0.29) is 6.04 Å². The van der Waals surface area contributed by atoms with E-state index in [0.717, 1.165) is 25.7 Å². The van der Waals surface area contributed by atoms with Crippen LogP contribution >= 0.6 is 0 Å². The minimum atomic E-state index is -1.25. The molecule has 0 aromatic heterocycles. The lowest BCUT2D eigenvalue weighted by Gasteiger charge is -2.26. The van der Waals surface area contributed by atoms with Gasteiger partial charge in [-0.05, 0) is 40.0 Å². The summed E-state index contributed by atoms with van der Waals surface area (Å²) < 4.78 is 5.18. The zero-order chi connectivity index (χ0) is 16.0. The molecule has 2 amide bonds. The monoisotopic (exact) mass is 300 g/mol. The van der Waals surface area contributed by atoms with Gasteiger partial charge in [-0.2, -0.15) is 0 Å². The van der Waals surface area contributed by atoms with Crippen molar-refractivity contribution in [1.82, 2.24) is 10.6 Å². The highest BCUT2D eigenvalue weighted by Gasteiger charge is 2.32. The van der Waals surface area contributed by atoms with Gasteiger partial charge >= 0.3 is 6.09 Å². The lowest BCUT2D eigenvalue weighted by molar-refractivity contribution is -0.131. The molecule has 0 aliphatic heterocycles. The molecule has 0 heterocycles. The van der Waals surface area contributed by atoms with Gasteiger partial charge in [-0.15, -0.1) is 0 Å². The first kappa shape index (κ1) is 17.8. The summed E-state index contributed by atoms with van der Waals surface area (Å²) in [7, 11) is 0. The van der Waals surface area contributed by atoms with Crippen molar-refractivity contribution >= 4 is 12.0 Å². The normalized spacial score (nSPS) is 17.8. The van der Waals surface area contributed by atoms with Gasteiger partial charge in [0.2, 0.25) is 0 Å². The second-order valence-corrected chi connectivity index (χ2v) is 6.62. The van der Waals surface area contributed by atoms with Crippen LogP contribution in [0.5, 0.6) is 0 Å². The molecule has 6 heteroatoms. The van der Waals surface area contributed by atoms with Gasteiger partial charge in [-0.1, -0.05) is 19.8 Å². The molecular formula is C15H28N2O4. The van der Waals surface area contributed by atoms with Crippen molar-refractivity contribution in [3.63, 3.8) is 0 Å². The Morgan fingerprint density at radius 2 is 1.95 bits per heavy atom. The Hall–Kier alpha value is -1.30. The molecule has 1 unspecified atom stereocenters. The summed E-state index contributed by atoms with van der Waals surface area (Å²) in [6.45, 7) is 7.32. The van der Waals surface area contributed by atoms with Crippen LogP contribution in [0.1, 0.15) is 59.8 Å². The van der Waals surface area contributed by atoms with Crippen molar-refractivity contribution < 1.29 is 19.4 Å². The fourth-order valence-corrected chi connectivity index (χ4v) is 1.89. The fourth-order valence-electron chi connectivity index (χ4n) is 1.89. The highest BCUT2D eigenvalue weighted by molar-refractivity contribution is 5.82. The number of hydrogen-bond donors (Lipinski definition) is 3. The maximum Gasteiger partial charge on any atom is 0.407 e. The second kappa shape index (κ2) is 7.64. The predicted octanol–water partition coefficient (Wildman–Crippen LogP) is 1.71. The number of alkyl carbamates (subject to hydrolysis) is 1. The summed E-state index contributed by atoms with van der Waals surface area (Å²) in [5.41, 5.74) is -0.611. The Kier molecular flexibility index (Phi) is 6.45. The first-order chi connectivity index (χ1) is 9.73. The van der Waals surface area contributed by atoms with E-state index in [1.807, 2.05) is 6.92 Å². The number of rotatable bonds is 7. The number of carbonyl (C=O) groups excluding carboxylic acids is 2. The third-order valence-electron chi connectivity index (χ3n) is 3.14. The van der Waals surface area contributed by atoms with Gasteiger partial charge in [0.05, 0.1) is 6.04 Å². The van der Waals surface area contributed by atoms with Gasteiger partial charge in [-0.3, -0.25) is 4.79 Å². The zero-order valence-corrected chi connectivity index (χ0v) is 13.4. The molecule has 0 radical (unpaired) electrons. The lowest BCUT2D eigenvalue weighted by atomic mass is 10.0. The Bertz CT molecular complexity index is 361. The maximum atomic E-state index is 11.9. The summed E-state index contributed by atoms with van der Waals surface area (Å²) in [5, 5.41) is 15.5. The van der Waals surface area contributed by atoms with Crippen molar-refractivity contribution in [3.8, 4) is 0 Å². The molecule has 0 saturated heterocycles. The summed E-state index contributed by atoms with van der Waals surface area (Å²) in [5.74, 6) is -0.422. The fraction of sp³-hybridized carbons (Fsp3) is 0.867. The summed E-state index contributed by atoms with van der Waals surface area (Å²) in [6.07, 6.45) is 2.33. The molecule has 2 atom stereocenters. The first-order valence-corrected chi connectivity index (χ1v) is 7.71. The third kappa shape index (κ3) is 7.32. The minimum absolute atomic E-state index is 0.181. The van der Waals surface area contributed by atoms with Crippen LogP contribution in [-0.2, 0) is 9.53 Å². The molecule has 1 aliphatic carbocycles. The molecule has 1 aliphatic rings. The van der Waals surface area contributed by atoms with Crippen molar-refractivity contribution in [2.45, 2.75) is 83.6 Å². The molecule has 0 aromatic carbocycles. The van der Waals surface area contributed by atoms with Crippen LogP contribution in [0.2, 0.25) is 0 Å². The quantitative estimate of drug-likeness (QED) is 0.668. The number of hydrogen-bond acceptors (Lipinski definition) is 4.